The zero-order valence-corrected chi connectivity index (χ0v) is 12.2. The number of esters is 1. The van der Waals surface area contributed by atoms with E-state index in [2.05, 4.69) is 5.32 Å². The number of aliphatic hydroxyl groups excluding tert-OH is 2. The molecule has 5 nitrogen and oxygen atoms in total. The summed E-state index contributed by atoms with van der Waals surface area (Å²) in [7, 11) is 0. The largest absolute Gasteiger partial charge is 0.456 e. The van der Waals surface area contributed by atoms with Crippen LogP contribution in [0.4, 0.5) is 0 Å². The highest BCUT2D eigenvalue weighted by Gasteiger charge is 2.18. The lowest BCUT2D eigenvalue weighted by atomic mass is 10.1. The topological polar surface area (TPSA) is 78.8 Å². The van der Waals surface area contributed by atoms with Crippen LogP contribution in [0.3, 0.4) is 0 Å². The van der Waals surface area contributed by atoms with E-state index in [1.165, 1.54) is 0 Å². The first kappa shape index (κ1) is 16.6. The van der Waals surface area contributed by atoms with Crippen LogP contribution in [0, 0.1) is 0 Å². The Balaban J connectivity index is 2.68. The van der Waals surface area contributed by atoms with Crippen molar-refractivity contribution in [3.8, 4) is 0 Å². The Morgan fingerprint density at radius 2 is 1.95 bits per heavy atom. The van der Waals surface area contributed by atoms with E-state index in [-0.39, 0.29) is 25.2 Å². The van der Waals surface area contributed by atoms with Crippen LogP contribution in [0.1, 0.15) is 36.7 Å². The van der Waals surface area contributed by atoms with Crippen LogP contribution in [0.15, 0.2) is 24.3 Å². The van der Waals surface area contributed by atoms with E-state index in [9.17, 15) is 4.79 Å². The maximum atomic E-state index is 11.9. The molecule has 0 spiro atoms. The molecule has 0 saturated carbocycles. The van der Waals surface area contributed by atoms with Gasteiger partial charge in [0.15, 0.2) is 0 Å². The molecule has 5 heteroatoms. The van der Waals surface area contributed by atoms with E-state index >= 15 is 0 Å². The zero-order valence-electron chi connectivity index (χ0n) is 12.2. The van der Waals surface area contributed by atoms with Gasteiger partial charge in [-0.25, -0.2) is 4.79 Å². The summed E-state index contributed by atoms with van der Waals surface area (Å²) in [5.41, 5.74) is 0.855. The molecule has 0 aromatic heterocycles. The van der Waals surface area contributed by atoms with Gasteiger partial charge in [0.25, 0.3) is 0 Å². The van der Waals surface area contributed by atoms with Gasteiger partial charge in [0.2, 0.25) is 0 Å². The van der Waals surface area contributed by atoms with E-state index in [1.54, 1.807) is 18.2 Å². The molecule has 0 unspecified atom stereocenters. The molecule has 0 heterocycles. The second kappa shape index (κ2) is 7.38. The number of benzene rings is 1. The van der Waals surface area contributed by atoms with Crippen LogP contribution in [0.5, 0.6) is 0 Å². The third-order valence-corrected chi connectivity index (χ3v) is 2.60. The lowest BCUT2D eigenvalue weighted by molar-refractivity contribution is 0.00693. The van der Waals surface area contributed by atoms with Crippen molar-refractivity contribution in [3.05, 3.63) is 35.4 Å². The van der Waals surface area contributed by atoms with Gasteiger partial charge in [0, 0.05) is 6.54 Å². The van der Waals surface area contributed by atoms with Crippen molar-refractivity contribution in [2.45, 2.75) is 39.0 Å². The zero-order chi connectivity index (χ0) is 15.2. The first-order chi connectivity index (χ1) is 9.35. The van der Waals surface area contributed by atoms with E-state index in [4.69, 9.17) is 14.9 Å². The molecule has 0 fully saturated rings. The molecular weight excluding hydrogens is 258 g/mol. The summed E-state index contributed by atoms with van der Waals surface area (Å²) in [6, 6.07) is 6.73. The second-order valence-corrected chi connectivity index (χ2v) is 5.65. The predicted octanol–water partition coefficient (Wildman–Crippen LogP) is 1.08. The molecule has 0 radical (unpaired) electrons. The summed E-state index contributed by atoms with van der Waals surface area (Å²) in [4.78, 5) is 11.9. The SMILES string of the molecule is CC(C)(C)OC(=O)c1cccc(CNC(CO)CO)c1. The highest BCUT2D eigenvalue weighted by molar-refractivity contribution is 5.89. The molecule has 1 aromatic rings. The number of carbonyl (C=O) groups excluding carboxylic acids is 1. The van der Waals surface area contributed by atoms with Crippen LogP contribution in [-0.2, 0) is 11.3 Å². The van der Waals surface area contributed by atoms with Gasteiger partial charge >= 0.3 is 5.97 Å². The summed E-state index contributed by atoms with van der Waals surface area (Å²) in [6.07, 6.45) is 0. The summed E-state index contributed by atoms with van der Waals surface area (Å²) in [6.45, 7) is 5.66. The summed E-state index contributed by atoms with van der Waals surface area (Å²) in [5.74, 6) is -0.361. The maximum absolute atomic E-state index is 11.9. The van der Waals surface area contributed by atoms with E-state index in [0.717, 1.165) is 5.56 Å². The minimum Gasteiger partial charge on any atom is -0.456 e. The maximum Gasteiger partial charge on any atom is 0.338 e. The highest BCUT2D eigenvalue weighted by Crippen LogP contribution is 2.13. The molecule has 0 aliphatic rings. The molecule has 112 valence electrons. The van der Waals surface area contributed by atoms with Crippen molar-refractivity contribution in [1.82, 2.24) is 5.32 Å². The van der Waals surface area contributed by atoms with E-state index in [0.29, 0.717) is 12.1 Å². The number of hydrogen-bond acceptors (Lipinski definition) is 5. The Kier molecular flexibility index (Phi) is 6.13. The second-order valence-electron chi connectivity index (χ2n) is 5.65. The third-order valence-electron chi connectivity index (χ3n) is 2.60. The standard InChI is InChI=1S/C15H23NO4/c1-15(2,3)20-14(19)12-6-4-5-11(7-12)8-16-13(9-17)10-18/h4-7,13,16-18H,8-10H2,1-3H3. The van der Waals surface area contributed by atoms with Crippen molar-refractivity contribution in [1.29, 1.82) is 0 Å². The number of aliphatic hydroxyl groups is 2. The van der Waals surface area contributed by atoms with Crippen molar-refractivity contribution < 1.29 is 19.7 Å². The molecule has 0 aliphatic carbocycles. The molecule has 1 rings (SSSR count). The number of rotatable bonds is 6. The molecule has 0 aliphatic heterocycles. The van der Waals surface area contributed by atoms with Gasteiger partial charge in [-0.05, 0) is 38.5 Å². The summed E-state index contributed by atoms with van der Waals surface area (Å²) >= 11 is 0. The van der Waals surface area contributed by atoms with Gasteiger partial charge in [-0.1, -0.05) is 12.1 Å². The Hall–Kier alpha value is -1.43. The minimum atomic E-state index is -0.524. The Morgan fingerprint density at radius 3 is 2.50 bits per heavy atom. The van der Waals surface area contributed by atoms with Gasteiger partial charge in [-0.2, -0.15) is 0 Å². The smallest absolute Gasteiger partial charge is 0.338 e. The third kappa shape index (κ3) is 5.69. The molecular formula is C15H23NO4. The normalized spacial score (nSPS) is 11.7. The van der Waals surface area contributed by atoms with E-state index < -0.39 is 5.60 Å². The summed E-state index contributed by atoms with van der Waals surface area (Å²) in [5, 5.41) is 21.0. The molecule has 1 aromatic carbocycles. The quantitative estimate of drug-likeness (QED) is 0.680. The first-order valence-electron chi connectivity index (χ1n) is 6.63. The number of ether oxygens (including phenoxy) is 1. The fourth-order valence-electron chi connectivity index (χ4n) is 1.59. The highest BCUT2D eigenvalue weighted by atomic mass is 16.6. The van der Waals surface area contributed by atoms with Crippen molar-refractivity contribution in [2.75, 3.05) is 13.2 Å². The van der Waals surface area contributed by atoms with Crippen LogP contribution in [0.25, 0.3) is 0 Å². The fraction of sp³-hybridized carbons (Fsp3) is 0.533. The Labute approximate surface area is 119 Å². The van der Waals surface area contributed by atoms with Crippen molar-refractivity contribution in [2.24, 2.45) is 0 Å². The van der Waals surface area contributed by atoms with Gasteiger partial charge in [0.1, 0.15) is 5.60 Å². The van der Waals surface area contributed by atoms with Crippen LogP contribution >= 0.6 is 0 Å². The summed E-state index contributed by atoms with van der Waals surface area (Å²) < 4.78 is 5.31. The lowest BCUT2D eigenvalue weighted by Crippen LogP contribution is -2.35. The molecule has 20 heavy (non-hydrogen) atoms. The van der Waals surface area contributed by atoms with Gasteiger partial charge < -0.3 is 20.3 Å². The average molecular weight is 281 g/mol. The minimum absolute atomic E-state index is 0.137. The van der Waals surface area contributed by atoms with Crippen LogP contribution in [-0.4, -0.2) is 41.0 Å². The number of nitrogens with one attached hydrogen (secondary N) is 1. The van der Waals surface area contributed by atoms with Crippen LogP contribution < -0.4 is 5.32 Å². The number of hydrogen-bond donors (Lipinski definition) is 3. The van der Waals surface area contributed by atoms with Crippen LogP contribution in [0.2, 0.25) is 0 Å². The van der Waals surface area contributed by atoms with E-state index in [1.807, 2.05) is 26.8 Å². The Bertz CT molecular complexity index is 436. The van der Waals surface area contributed by atoms with Gasteiger partial charge in [-0.3, -0.25) is 0 Å². The number of carbonyl (C=O) groups is 1. The predicted molar refractivity (Wildman–Crippen MR) is 76.4 cm³/mol. The van der Waals surface area contributed by atoms with Crippen molar-refractivity contribution >= 4 is 5.97 Å². The molecule has 0 amide bonds. The average Bonchev–Trinajstić information content (AvgIpc) is 2.38. The molecule has 0 saturated heterocycles. The van der Waals surface area contributed by atoms with Gasteiger partial charge in [0.05, 0.1) is 24.8 Å². The monoisotopic (exact) mass is 281 g/mol. The molecule has 3 N–H and O–H groups in total. The van der Waals surface area contributed by atoms with Gasteiger partial charge in [-0.15, -0.1) is 0 Å². The van der Waals surface area contributed by atoms with Crippen molar-refractivity contribution in [3.63, 3.8) is 0 Å². The Morgan fingerprint density at radius 1 is 1.30 bits per heavy atom. The molecule has 0 bridgehead atoms. The fourth-order valence-corrected chi connectivity index (χ4v) is 1.59. The lowest BCUT2D eigenvalue weighted by Gasteiger charge is -2.19. The molecule has 0 atom stereocenters. The first-order valence-corrected chi connectivity index (χ1v) is 6.63.